The van der Waals surface area contributed by atoms with E-state index in [0.29, 0.717) is 0 Å². The summed E-state index contributed by atoms with van der Waals surface area (Å²) in [6.45, 7) is 6.38. The second kappa shape index (κ2) is 4.46. The average Bonchev–Trinajstić information content (AvgIpc) is 2.70. The fourth-order valence-electron chi connectivity index (χ4n) is 2.56. The van der Waals surface area contributed by atoms with Crippen LogP contribution >= 0.6 is 15.9 Å². The molecule has 0 bridgehead atoms. The van der Waals surface area contributed by atoms with E-state index in [2.05, 4.69) is 58.9 Å². The smallest absolute Gasteiger partial charge is 0.154 e. The first kappa shape index (κ1) is 12.4. The van der Waals surface area contributed by atoms with Crippen molar-refractivity contribution in [2.75, 3.05) is 0 Å². The van der Waals surface area contributed by atoms with Gasteiger partial charge >= 0.3 is 0 Å². The van der Waals surface area contributed by atoms with Crippen LogP contribution in [0.2, 0.25) is 0 Å². The Bertz CT molecular complexity index is 751. The molecule has 0 aliphatic rings. The zero-order valence-electron chi connectivity index (χ0n) is 11.1. The van der Waals surface area contributed by atoms with Crippen LogP contribution in [0, 0.1) is 20.8 Å². The van der Waals surface area contributed by atoms with Crippen molar-refractivity contribution in [2.45, 2.75) is 20.8 Å². The maximum Gasteiger partial charge on any atom is 0.154 e. The minimum Gasteiger partial charge on any atom is -0.234 e. The molecule has 1 aromatic carbocycles. The lowest BCUT2D eigenvalue weighted by atomic mass is 9.97. The Morgan fingerprint density at radius 3 is 2.42 bits per heavy atom. The van der Waals surface area contributed by atoms with Gasteiger partial charge in [0, 0.05) is 5.56 Å². The van der Waals surface area contributed by atoms with Gasteiger partial charge < -0.3 is 0 Å². The molecule has 0 spiro atoms. The SMILES string of the molecule is Cc1cc(C)c(-c2ccc3ncc(Br)n3n2)c(C)c1. The van der Waals surface area contributed by atoms with Gasteiger partial charge in [0.25, 0.3) is 0 Å². The summed E-state index contributed by atoms with van der Waals surface area (Å²) >= 11 is 3.46. The van der Waals surface area contributed by atoms with Crippen LogP contribution in [-0.2, 0) is 0 Å². The van der Waals surface area contributed by atoms with Crippen molar-refractivity contribution in [1.29, 1.82) is 0 Å². The van der Waals surface area contributed by atoms with Crippen LogP contribution in [-0.4, -0.2) is 14.6 Å². The van der Waals surface area contributed by atoms with Gasteiger partial charge in [-0.05, 0) is 60.0 Å². The standard InChI is InChI=1S/C15H14BrN3/c1-9-6-10(2)15(11(3)7-9)12-4-5-14-17-8-13(16)19(14)18-12/h4-8H,1-3H3. The summed E-state index contributed by atoms with van der Waals surface area (Å²) < 4.78 is 2.68. The molecule has 19 heavy (non-hydrogen) atoms. The number of hydrogen-bond donors (Lipinski definition) is 0. The van der Waals surface area contributed by atoms with Gasteiger partial charge in [-0.3, -0.25) is 0 Å². The van der Waals surface area contributed by atoms with Crippen molar-refractivity contribution >= 4 is 21.6 Å². The fourth-order valence-corrected chi connectivity index (χ4v) is 2.93. The Morgan fingerprint density at radius 1 is 1.05 bits per heavy atom. The number of nitrogens with zero attached hydrogens (tertiary/aromatic N) is 3. The van der Waals surface area contributed by atoms with Crippen LogP contribution in [0.3, 0.4) is 0 Å². The Balaban J connectivity index is 2.27. The first-order chi connectivity index (χ1) is 9.06. The van der Waals surface area contributed by atoms with E-state index in [9.17, 15) is 0 Å². The number of aromatic nitrogens is 3. The molecule has 0 aliphatic heterocycles. The monoisotopic (exact) mass is 315 g/mol. The Kier molecular flexibility index (Phi) is 2.90. The third-order valence-corrected chi connectivity index (χ3v) is 3.79. The molecule has 0 radical (unpaired) electrons. The lowest BCUT2D eigenvalue weighted by Gasteiger charge is -2.11. The van der Waals surface area contributed by atoms with Gasteiger partial charge in [-0.2, -0.15) is 5.10 Å². The molecule has 0 saturated heterocycles. The Hall–Kier alpha value is -1.68. The maximum atomic E-state index is 4.66. The normalized spacial score (nSPS) is 11.2. The number of benzene rings is 1. The lowest BCUT2D eigenvalue weighted by molar-refractivity contribution is 0.920. The highest BCUT2D eigenvalue weighted by molar-refractivity contribution is 9.10. The molecule has 0 unspecified atom stereocenters. The van der Waals surface area contributed by atoms with Gasteiger partial charge in [-0.1, -0.05) is 17.7 Å². The first-order valence-corrected chi connectivity index (χ1v) is 6.94. The number of hydrogen-bond acceptors (Lipinski definition) is 2. The summed E-state index contributed by atoms with van der Waals surface area (Å²) in [5, 5.41) is 4.66. The van der Waals surface area contributed by atoms with Crippen LogP contribution in [0.4, 0.5) is 0 Å². The van der Waals surface area contributed by atoms with Gasteiger partial charge in [0.15, 0.2) is 5.65 Å². The van der Waals surface area contributed by atoms with E-state index in [0.717, 1.165) is 15.9 Å². The highest BCUT2D eigenvalue weighted by Crippen LogP contribution is 2.27. The van der Waals surface area contributed by atoms with E-state index in [-0.39, 0.29) is 0 Å². The quantitative estimate of drug-likeness (QED) is 0.677. The number of rotatable bonds is 1. The van der Waals surface area contributed by atoms with Gasteiger partial charge in [0.1, 0.15) is 4.60 Å². The molecule has 96 valence electrons. The van der Waals surface area contributed by atoms with Crippen molar-refractivity contribution in [1.82, 2.24) is 14.6 Å². The summed E-state index contributed by atoms with van der Waals surface area (Å²) in [7, 11) is 0. The zero-order valence-corrected chi connectivity index (χ0v) is 12.7. The largest absolute Gasteiger partial charge is 0.234 e. The van der Waals surface area contributed by atoms with Crippen LogP contribution < -0.4 is 0 Å². The third-order valence-electron chi connectivity index (χ3n) is 3.25. The number of imidazole rings is 1. The highest BCUT2D eigenvalue weighted by Gasteiger charge is 2.10. The minimum atomic E-state index is 0.845. The van der Waals surface area contributed by atoms with Crippen molar-refractivity contribution in [3.05, 3.63) is 51.8 Å². The van der Waals surface area contributed by atoms with E-state index in [1.165, 1.54) is 22.3 Å². The molecule has 0 saturated carbocycles. The van der Waals surface area contributed by atoms with E-state index >= 15 is 0 Å². The Morgan fingerprint density at radius 2 is 1.74 bits per heavy atom. The van der Waals surface area contributed by atoms with Gasteiger partial charge in [0.05, 0.1) is 11.9 Å². The van der Waals surface area contributed by atoms with Crippen LogP contribution in [0.1, 0.15) is 16.7 Å². The predicted octanol–water partition coefficient (Wildman–Crippen LogP) is 4.08. The molecular weight excluding hydrogens is 302 g/mol. The summed E-state index contributed by atoms with van der Waals surface area (Å²) in [4.78, 5) is 4.27. The van der Waals surface area contributed by atoms with Crippen molar-refractivity contribution in [3.8, 4) is 11.3 Å². The van der Waals surface area contributed by atoms with E-state index in [4.69, 9.17) is 0 Å². The second-order valence-corrected chi connectivity index (χ2v) is 5.66. The molecule has 0 atom stereocenters. The van der Waals surface area contributed by atoms with Crippen molar-refractivity contribution < 1.29 is 0 Å². The van der Waals surface area contributed by atoms with Crippen LogP contribution in [0.25, 0.3) is 16.9 Å². The number of aryl methyl sites for hydroxylation is 3. The molecule has 0 amide bonds. The van der Waals surface area contributed by atoms with Gasteiger partial charge in [-0.25, -0.2) is 9.50 Å². The number of halogens is 1. The summed E-state index contributed by atoms with van der Waals surface area (Å²) in [6, 6.07) is 8.40. The lowest BCUT2D eigenvalue weighted by Crippen LogP contribution is -1.98. The van der Waals surface area contributed by atoms with E-state index in [1.54, 1.807) is 6.20 Å². The molecule has 3 rings (SSSR count). The molecule has 2 aromatic heterocycles. The van der Waals surface area contributed by atoms with E-state index in [1.807, 2.05) is 16.6 Å². The molecule has 0 N–H and O–H groups in total. The van der Waals surface area contributed by atoms with E-state index < -0.39 is 0 Å². The average molecular weight is 316 g/mol. The summed E-state index contributed by atoms with van der Waals surface area (Å²) in [5.74, 6) is 0. The molecule has 4 heteroatoms. The maximum absolute atomic E-state index is 4.66. The minimum absolute atomic E-state index is 0.845. The van der Waals surface area contributed by atoms with Crippen molar-refractivity contribution in [2.24, 2.45) is 0 Å². The summed E-state index contributed by atoms with van der Waals surface area (Å²) in [6.07, 6.45) is 1.76. The first-order valence-electron chi connectivity index (χ1n) is 6.15. The van der Waals surface area contributed by atoms with Gasteiger partial charge in [0.2, 0.25) is 0 Å². The third kappa shape index (κ3) is 2.06. The summed E-state index contributed by atoms with van der Waals surface area (Å²) in [5.41, 5.74) is 6.80. The molecule has 3 nitrogen and oxygen atoms in total. The zero-order chi connectivity index (χ0) is 13.6. The molecule has 2 heterocycles. The highest BCUT2D eigenvalue weighted by atomic mass is 79.9. The predicted molar refractivity (Wildman–Crippen MR) is 80.3 cm³/mol. The Labute approximate surface area is 120 Å². The topological polar surface area (TPSA) is 30.2 Å². The van der Waals surface area contributed by atoms with Crippen LogP contribution in [0.15, 0.2) is 35.1 Å². The molecule has 3 aromatic rings. The van der Waals surface area contributed by atoms with Crippen molar-refractivity contribution in [3.63, 3.8) is 0 Å². The molecule has 0 fully saturated rings. The molecule has 0 aliphatic carbocycles. The molecular formula is C15H14BrN3. The number of fused-ring (bicyclic) bond motifs is 1. The fraction of sp³-hybridized carbons (Fsp3) is 0.200. The van der Waals surface area contributed by atoms with Gasteiger partial charge in [-0.15, -0.1) is 0 Å². The van der Waals surface area contributed by atoms with Crippen LogP contribution in [0.5, 0.6) is 0 Å². The second-order valence-electron chi connectivity index (χ2n) is 4.84.